The SMILES string of the molecule is O=C(NCCc1csc(C2CCCN(C(=O)c3cccnc3)C2)n1)C1CCC1. The molecule has 28 heavy (non-hydrogen) atoms. The molecule has 1 atom stereocenters. The van der Waals surface area contributed by atoms with Crippen LogP contribution in [0.2, 0.25) is 0 Å². The number of hydrogen-bond acceptors (Lipinski definition) is 5. The normalized spacial score (nSPS) is 19.9. The van der Waals surface area contributed by atoms with E-state index in [1.165, 1.54) is 6.42 Å². The molecule has 148 valence electrons. The van der Waals surface area contributed by atoms with Crippen molar-refractivity contribution in [2.75, 3.05) is 19.6 Å². The lowest BCUT2D eigenvalue weighted by Crippen LogP contribution is -2.39. The number of likely N-dealkylation sites (tertiary alicyclic amines) is 1. The second kappa shape index (κ2) is 8.82. The predicted molar refractivity (Wildman–Crippen MR) is 108 cm³/mol. The zero-order chi connectivity index (χ0) is 19.3. The maximum atomic E-state index is 12.7. The Morgan fingerprint density at radius 2 is 2.14 bits per heavy atom. The zero-order valence-corrected chi connectivity index (χ0v) is 16.8. The van der Waals surface area contributed by atoms with Crippen LogP contribution in [0.25, 0.3) is 0 Å². The minimum absolute atomic E-state index is 0.0493. The molecule has 2 amide bonds. The molecule has 1 saturated carbocycles. The van der Waals surface area contributed by atoms with Crippen molar-refractivity contribution in [2.24, 2.45) is 5.92 Å². The summed E-state index contributed by atoms with van der Waals surface area (Å²) in [7, 11) is 0. The third kappa shape index (κ3) is 4.41. The van der Waals surface area contributed by atoms with Gasteiger partial charge in [0.05, 0.1) is 16.3 Å². The smallest absolute Gasteiger partial charge is 0.255 e. The van der Waals surface area contributed by atoms with E-state index in [-0.39, 0.29) is 23.7 Å². The first kappa shape index (κ1) is 19.1. The summed E-state index contributed by atoms with van der Waals surface area (Å²) in [5.74, 6) is 0.765. The number of thiazole rings is 1. The van der Waals surface area contributed by atoms with Gasteiger partial charge in [-0.15, -0.1) is 11.3 Å². The summed E-state index contributed by atoms with van der Waals surface area (Å²) in [6, 6.07) is 3.61. The highest BCUT2D eigenvalue weighted by Gasteiger charge is 2.28. The van der Waals surface area contributed by atoms with Crippen molar-refractivity contribution in [1.29, 1.82) is 0 Å². The quantitative estimate of drug-likeness (QED) is 0.812. The number of piperidine rings is 1. The molecule has 0 spiro atoms. The number of nitrogens with zero attached hydrogens (tertiary/aromatic N) is 3. The number of aromatic nitrogens is 2. The lowest BCUT2D eigenvalue weighted by atomic mass is 9.85. The van der Waals surface area contributed by atoms with E-state index in [2.05, 4.69) is 15.7 Å². The van der Waals surface area contributed by atoms with E-state index in [9.17, 15) is 9.59 Å². The first-order chi connectivity index (χ1) is 13.7. The fourth-order valence-electron chi connectivity index (χ4n) is 3.79. The average molecular weight is 399 g/mol. The van der Waals surface area contributed by atoms with Gasteiger partial charge in [-0.3, -0.25) is 14.6 Å². The number of nitrogens with one attached hydrogen (secondary N) is 1. The van der Waals surface area contributed by atoms with Gasteiger partial charge in [-0.1, -0.05) is 6.42 Å². The lowest BCUT2D eigenvalue weighted by Gasteiger charge is -2.31. The van der Waals surface area contributed by atoms with Crippen molar-refractivity contribution in [2.45, 2.75) is 44.4 Å². The Kier molecular flexibility index (Phi) is 6.00. The molecule has 6 nitrogen and oxygen atoms in total. The summed E-state index contributed by atoms with van der Waals surface area (Å²) in [5.41, 5.74) is 1.68. The van der Waals surface area contributed by atoms with Gasteiger partial charge in [0.25, 0.3) is 5.91 Å². The molecule has 7 heteroatoms. The molecule has 1 aliphatic heterocycles. The number of rotatable bonds is 6. The van der Waals surface area contributed by atoms with Crippen LogP contribution in [-0.2, 0) is 11.2 Å². The topological polar surface area (TPSA) is 75.2 Å². The van der Waals surface area contributed by atoms with E-state index >= 15 is 0 Å². The Hall–Kier alpha value is -2.28. The van der Waals surface area contributed by atoms with Gasteiger partial charge in [0.1, 0.15) is 0 Å². The van der Waals surface area contributed by atoms with E-state index in [0.717, 1.165) is 49.4 Å². The second-order valence-electron chi connectivity index (χ2n) is 7.68. The molecule has 0 bridgehead atoms. The zero-order valence-electron chi connectivity index (χ0n) is 16.0. The Morgan fingerprint density at radius 3 is 2.89 bits per heavy atom. The van der Waals surface area contributed by atoms with Gasteiger partial charge in [0, 0.05) is 55.7 Å². The van der Waals surface area contributed by atoms with Gasteiger partial charge in [-0.05, 0) is 37.8 Å². The van der Waals surface area contributed by atoms with E-state index < -0.39 is 0 Å². The highest BCUT2D eigenvalue weighted by Crippen LogP contribution is 2.30. The molecular formula is C21H26N4O2S. The molecule has 2 aliphatic rings. The molecule has 1 aliphatic carbocycles. The van der Waals surface area contributed by atoms with Crippen molar-refractivity contribution in [1.82, 2.24) is 20.2 Å². The monoisotopic (exact) mass is 398 g/mol. The minimum atomic E-state index is 0.0493. The van der Waals surface area contributed by atoms with E-state index in [4.69, 9.17) is 4.98 Å². The van der Waals surface area contributed by atoms with E-state index in [1.807, 2.05) is 11.0 Å². The molecule has 0 aromatic carbocycles. The van der Waals surface area contributed by atoms with Crippen molar-refractivity contribution in [3.63, 3.8) is 0 Å². The van der Waals surface area contributed by atoms with Crippen molar-refractivity contribution >= 4 is 23.2 Å². The van der Waals surface area contributed by atoms with Crippen LogP contribution in [0.3, 0.4) is 0 Å². The minimum Gasteiger partial charge on any atom is -0.355 e. The molecular weight excluding hydrogens is 372 g/mol. The van der Waals surface area contributed by atoms with Crippen LogP contribution < -0.4 is 5.32 Å². The van der Waals surface area contributed by atoms with Crippen LogP contribution in [-0.4, -0.2) is 46.3 Å². The van der Waals surface area contributed by atoms with E-state index in [1.54, 1.807) is 29.8 Å². The largest absolute Gasteiger partial charge is 0.355 e. The maximum Gasteiger partial charge on any atom is 0.255 e. The number of pyridine rings is 1. The second-order valence-corrected chi connectivity index (χ2v) is 8.57. The first-order valence-corrected chi connectivity index (χ1v) is 11.0. The Bertz CT molecular complexity index is 819. The molecule has 1 N–H and O–H groups in total. The average Bonchev–Trinajstić information content (AvgIpc) is 3.16. The Labute approximate surface area is 169 Å². The highest BCUT2D eigenvalue weighted by molar-refractivity contribution is 7.09. The van der Waals surface area contributed by atoms with Crippen LogP contribution >= 0.6 is 11.3 Å². The molecule has 3 heterocycles. The van der Waals surface area contributed by atoms with Gasteiger partial charge in [-0.2, -0.15) is 0 Å². The first-order valence-electron chi connectivity index (χ1n) is 10.1. The molecule has 2 fully saturated rings. The Morgan fingerprint density at radius 1 is 1.25 bits per heavy atom. The summed E-state index contributed by atoms with van der Waals surface area (Å²) in [6.07, 6.45) is 9.36. The van der Waals surface area contributed by atoms with Gasteiger partial charge in [-0.25, -0.2) is 4.98 Å². The molecule has 1 saturated heterocycles. The number of carbonyl (C=O) groups excluding carboxylic acids is 2. The van der Waals surface area contributed by atoms with Gasteiger partial charge < -0.3 is 10.2 Å². The molecule has 2 aromatic heterocycles. The molecule has 0 radical (unpaired) electrons. The van der Waals surface area contributed by atoms with Gasteiger partial charge in [0.2, 0.25) is 5.91 Å². The van der Waals surface area contributed by atoms with Crippen LogP contribution in [0.1, 0.15) is 59.1 Å². The fraction of sp³-hybridized carbons (Fsp3) is 0.524. The van der Waals surface area contributed by atoms with Crippen molar-refractivity contribution < 1.29 is 9.59 Å². The fourth-order valence-corrected chi connectivity index (χ4v) is 4.77. The van der Waals surface area contributed by atoms with Crippen LogP contribution in [0.4, 0.5) is 0 Å². The van der Waals surface area contributed by atoms with E-state index in [0.29, 0.717) is 18.7 Å². The highest BCUT2D eigenvalue weighted by atomic mass is 32.1. The lowest BCUT2D eigenvalue weighted by molar-refractivity contribution is -0.127. The predicted octanol–water partition coefficient (Wildman–Crippen LogP) is 3.02. The summed E-state index contributed by atoms with van der Waals surface area (Å²) in [6.45, 7) is 2.14. The summed E-state index contributed by atoms with van der Waals surface area (Å²) in [5, 5.41) is 6.22. The van der Waals surface area contributed by atoms with Gasteiger partial charge in [0.15, 0.2) is 0 Å². The molecule has 4 rings (SSSR count). The van der Waals surface area contributed by atoms with Crippen LogP contribution in [0, 0.1) is 5.92 Å². The van der Waals surface area contributed by atoms with Crippen molar-refractivity contribution in [3.8, 4) is 0 Å². The summed E-state index contributed by atoms with van der Waals surface area (Å²) in [4.78, 5) is 35.4. The van der Waals surface area contributed by atoms with Gasteiger partial charge >= 0.3 is 0 Å². The Balaban J connectivity index is 1.30. The van der Waals surface area contributed by atoms with Crippen molar-refractivity contribution in [3.05, 3.63) is 46.2 Å². The molecule has 1 unspecified atom stereocenters. The third-order valence-electron chi connectivity index (χ3n) is 5.69. The summed E-state index contributed by atoms with van der Waals surface area (Å²) >= 11 is 1.67. The number of hydrogen-bond donors (Lipinski definition) is 1. The standard InChI is InChI=1S/C21H26N4O2S/c26-19(15-4-1-5-15)23-10-8-18-14-28-20(24-18)17-7-3-11-25(13-17)21(27)16-6-2-9-22-12-16/h2,6,9,12,14-15,17H,1,3-5,7-8,10-11,13H2,(H,23,26). The molecule has 2 aromatic rings. The number of amides is 2. The number of carbonyl (C=O) groups is 2. The third-order valence-corrected chi connectivity index (χ3v) is 6.75. The van der Waals surface area contributed by atoms with Crippen LogP contribution in [0.5, 0.6) is 0 Å². The maximum absolute atomic E-state index is 12.7. The summed E-state index contributed by atoms with van der Waals surface area (Å²) < 4.78 is 0. The van der Waals surface area contributed by atoms with Crippen LogP contribution in [0.15, 0.2) is 29.9 Å².